The van der Waals surface area contributed by atoms with Crippen LogP contribution in [0.15, 0.2) is 35.5 Å². The van der Waals surface area contributed by atoms with Crippen molar-refractivity contribution in [3.05, 3.63) is 35.5 Å². The van der Waals surface area contributed by atoms with Crippen LogP contribution in [0.1, 0.15) is 12.4 Å². The number of hydrogen-bond donors (Lipinski definition) is 2. The van der Waals surface area contributed by atoms with Crippen molar-refractivity contribution in [2.45, 2.75) is 6.92 Å². The molecule has 0 atom stereocenters. The molecule has 0 aromatic heterocycles. The molecule has 0 amide bonds. The molecule has 3 nitrogen and oxygen atoms in total. The van der Waals surface area contributed by atoms with Gasteiger partial charge < -0.3 is 0 Å². The summed E-state index contributed by atoms with van der Waals surface area (Å²) in [5, 5.41) is 8.61. The van der Waals surface area contributed by atoms with Crippen LogP contribution >= 0.6 is 0 Å². The lowest BCUT2D eigenvalue weighted by atomic mass is 10.1. The van der Waals surface area contributed by atoms with Crippen molar-refractivity contribution in [2.24, 2.45) is 0 Å². The molecule has 0 spiro atoms. The van der Waals surface area contributed by atoms with Crippen LogP contribution in [0, 0.1) is 0 Å². The first-order valence-electron chi connectivity index (χ1n) is 4.93. The second kappa shape index (κ2) is 3.16. The number of ketones is 1. The van der Waals surface area contributed by atoms with E-state index in [0.29, 0.717) is 0 Å². The fraction of sp³-hybridized carbons (Fsp3) is 0.125. The molecule has 0 fully saturated rings. The van der Waals surface area contributed by atoms with Crippen molar-refractivity contribution < 1.29 is 15.5 Å². The third-order valence-electron chi connectivity index (χ3n) is 1.20. The molecule has 1 rings (SSSR count). The van der Waals surface area contributed by atoms with E-state index in [2.05, 4.69) is 0 Å². The summed E-state index contributed by atoms with van der Waals surface area (Å²) in [5.74, 6) is -0.833. The maximum absolute atomic E-state index is 11.5. The minimum absolute atomic E-state index is 0.00741. The van der Waals surface area contributed by atoms with E-state index < -0.39 is 30.0 Å². The molecule has 0 radical (unpaired) electrons. The largest absolute Gasteiger partial charge is 0.291 e. The third kappa shape index (κ3) is 1.56. The Bertz CT molecular complexity index is 422. The van der Waals surface area contributed by atoms with Crippen LogP contribution in [0.3, 0.4) is 0 Å². The third-order valence-corrected chi connectivity index (χ3v) is 1.20. The standard InChI is InChI=1S/C8H9NO2/c1-6(9-11)7-4-2-3-5-8(7)10/h2-5,9,11H,1H3/b7-6-/i2D,3D,4D,5D. The van der Waals surface area contributed by atoms with E-state index >= 15 is 0 Å². The first-order valence-corrected chi connectivity index (χ1v) is 2.93. The van der Waals surface area contributed by atoms with Crippen LogP contribution in [0.4, 0.5) is 0 Å². The molecule has 0 saturated carbocycles. The van der Waals surface area contributed by atoms with Gasteiger partial charge in [0, 0.05) is 11.3 Å². The molecule has 0 saturated heterocycles. The van der Waals surface area contributed by atoms with Gasteiger partial charge in [-0.05, 0) is 19.0 Å². The van der Waals surface area contributed by atoms with Gasteiger partial charge in [-0.3, -0.25) is 15.5 Å². The number of carbonyl (C=O) groups is 1. The Labute approximate surface area is 70.3 Å². The van der Waals surface area contributed by atoms with Gasteiger partial charge in [0.05, 0.1) is 5.48 Å². The molecule has 2 N–H and O–H groups in total. The number of carbonyl (C=O) groups excluding carboxylic acids is 1. The lowest BCUT2D eigenvalue weighted by Crippen LogP contribution is -2.11. The second-order valence-electron chi connectivity index (χ2n) is 1.94. The molecule has 1 aliphatic rings. The average molecular weight is 155 g/mol. The van der Waals surface area contributed by atoms with Crippen LogP contribution in [-0.4, -0.2) is 11.0 Å². The Balaban J connectivity index is 3.47. The van der Waals surface area contributed by atoms with Crippen LogP contribution < -0.4 is 5.48 Å². The van der Waals surface area contributed by atoms with Crippen LogP contribution in [0.2, 0.25) is 0 Å². The zero-order valence-electron chi connectivity index (χ0n) is 9.86. The Morgan fingerprint density at radius 3 is 2.91 bits per heavy atom. The van der Waals surface area contributed by atoms with Gasteiger partial charge in [0.2, 0.25) is 0 Å². The van der Waals surface area contributed by atoms with E-state index in [4.69, 9.17) is 10.7 Å². The first kappa shape index (κ1) is 3.88. The van der Waals surface area contributed by atoms with E-state index in [-0.39, 0.29) is 11.3 Å². The SMILES string of the molecule is [2H]C1=C([2H])C([2H])=C([2H])/C(=C(\C)NO)C1=O. The molecular weight excluding hydrogens is 142 g/mol. The lowest BCUT2D eigenvalue weighted by molar-refractivity contribution is -0.111. The Hall–Kier alpha value is -1.35. The number of nitrogens with one attached hydrogen (secondary N) is 1. The van der Waals surface area contributed by atoms with Crippen LogP contribution in [-0.2, 0) is 4.79 Å². The first-order chi connectivity index (χ1) is 6.91. The molecule has 11 heavy (non-hydrogen) atoms. The molecule has 0 heterocycles. The number of allylic oxidation sites excluding steroid dienone is 6. The highest BCUT2D eigenvalue weighted by molar-refractivity contribution is 6.07. The second-order valence-corrected chi connectivity index (χ2v) is 1.94. The van der Waals surface area contributed by atoms with Gasteiger partial charge >= 0.3 is 0 Å². The highest BCUT2D eigenvalue weighted by Crippen LogP contribution is 2.09. The fourth-order valence-corrected chi connectivity index (χ4v) is 0.621. The highest BCUT2D eigenvalue weighted by atomic mass is 16.5. The summed E-state index contributed by atoms with van der Waals surface area (Å²) in [7, 11) is 0. The quantitative estimate of drug-likeness (QED) is 0.437. The molecule has 0 aromatic rings. The summed E-state index contributed by atoms with van der Waals surface area (Å²) < 4.78 is 29.3. The van der Waals surface area contributed by atoms with Crippen molar-refractivity contribution in [3.63, 3.8) is 0 Å². The van der Waals surface area contributed by atoms with Gasteiger partial charge in [-0.15, -0.1) is 0 Å². The summed E-state index contributed by atoms with van der Waals surface area (Å²) in [6, 6.07) is -2.16. The van der Waals surface area contributed by atoms with Crippen molar-refractivity contribution in [3.8, 4) is 0 Å². The average Bonchev–Trinajstić information content (AvgIpc) is 2.23. The Morgan fingerprint density at radius 1 is 1.64 bits per heavy atom. The number of hydrogen-bond acceptors (Lipinski definition) is 3. The van der Waals surface area contributed by atoms with Gasteiger partial charge in [0.15, 0.2) is 5.78 Å². The highest BCUT2D eigenvalue weighted by Gasteiger charge is 2.08. The number of hydroxylamine groups is 1. The summed E-state index contributed by atoms with van der Waals surface area (Å²) >= 11 is 0. The fourth-order valence-electron chi connectivity index (χ4n) is 0.621. The Kier molecular flexibility index (Phi) is 1.11. The molecule has 0 unspecified atom stereocenters. The van der Waals surface area contributed by atoms with Gasteiger partial charge in [-0.25, -0.2) is 0 Å². The zero-order valence-corrected chi connectivity index (χ0v) is 5.86. The van der Waals surface area contributed by atoms with Crippen molar-refractivity contribution in [1.29, 1.82) is 0 Å². The summed E-state index contributed by atoms with van der Waals surface area (Å²) in [5.41, 5.74) is 1.45. The molecule has 58 valence electrons. The van der Waals surface area contributed by atoms with Gasteiger partial charge in [0.25, 0.3) is 0 Å². The van der Waals surface area contributed by atoms with E-state index in [0.717, 1.165) is 0 Å². The monoisotopic (exact) mass is 155 g/mol. The van der Waals surface area contributed by atoms with Crippen LogP contribution in [0.25, 0.3) is 0 Å². The molecule has 0 aliphatic heterocycles. The van der Waals surface area contributed by atoms with E-state index in [1.165, 1.54) is 6.92 Å². The van der Waals surface area contributed by atoms with E-state index in [1.54, 1.807) is 5.48 Å². The van der Waals surface area contributed by atoms with Gasteiger partial charge in [-0.1, -0.05) is 12.1 Å². The molecule has 1 aliphatic carbocycles. The molecule has 0 aromatic carbocycles. The zero-order chi connectivity index (χ0) is 11.7. The van der Waals surface area contributed by atoms with Crippen molar-refractivity contribution in [2.75, 3.05) is 0 Å². The smallest absolute Gasteiger partial charge is 0.187 e. The van der Waals surface area contributed by atoms with Crippen molar-refractivity contribution >= 4 is 5.78 Å². The van der Waals surface area contributed by atoms with Crippen molar-refractivity contribution in [1.82, 2.24) is 5.48 Å². The topological polar surface area (TPSA) is 49.3 Å². The summed E-state index contributed by atoms with van der Waals surface area (Å²) in [6.45, 7) is 1.34. The predicted octanol–water partition coefficient (Wildman–Crippen LogP) is 0.934. The van der Waals surface area contributed by atoms with E-state index in [9.17, 15) is 4.79 Å². The molecule has 3 heteroatoms. The summed E-state index contributed by atoms with van der Waals surface area (Å²) in [4.78, 5) is 11.5. The minimum atomic E-state index is -0.833. The predicted molar refractivity (Wildman–Crippen MR) is 40.9 cm³/mol. The number of rotatable bonds is 1. The maximum Gasteiger partial charge on any atom is 0.187 e. The molecule has 0 bridgehead atoms. The summed E-state index contributed by atoms with van der Waals surface area (Å²) in [6.07, 6.45) is 0. The van der Waals surface area contributed by atoms with Crippen LogP contribution in [0.5, 0.6) is 0 Å². The minimum Gasteiger partial charge on any atom is -0.291 e. The van der Waals surface area contributed by atoms with Gasteiger partial charge in [-0.2, -0.15) is 0 Å². The Morgan fingerprint density at radius 2 is 2.27 bits per heavy atom. The normalized spacial score (nSPS) is 29.1. The van der Waals surface area contributed by atoms with E-state index in [1.807, 2.05) is 0 Å². The van der Waals surface area contributed by atoms with Gasteiger partial charge in [0.1, 0.15) is 0 Å². The molecular formula is C8H9NO2. The maximum atomic E-state index is 11.5. The lowest BCUT2D eigenvalue weighted by Gasteiger charge is -2.05.